The minimum atomic E-state index is -0.0125. The van der Waals surface area contributed by atoms with E-state index in [1.807, 2.05) is 25.1 Å². The standard InChI is InChI=1S/C23H30N2O2/c1-4-19-6-9-20(10-7-19)22(25-11-13-27-14-12-25)16-24-23(26)21-8-5-17(2)18(3)15-21/h5-10,15,22H,4,11-14,16H2,1-3H3,(H,24,26). The second kappa shape index (κ2) is 9.16. The van der Waals surface area contributed by atoms with Gasteiger partial charge in [0.05, 0.1) is 19.3 Å². The van der Waals surface area contributed by atoms with Gasteiger partial charge in [-0.2, -0.15) is 0 Å². The summed E-state index contributed by atoms with van der Waals surface area (Å²) in [6, 6.07) is 14.8. The molecule has 0 spiro atoms. The number of hydrogen-bond acceptors (Lipinski definition) is 3. The third-order valence-electron chi connectivity index (χ3n) is 5.48. The molecule has 1 N–H and O–H groups in total. The predicted molar refractivity (Wildman–Crippen MR) is 109 cm³/mol. The maximum absolute atomic E-state index is 12.7. The van der Waals surface area contributed by atoms with Crippen molar-refractivity contribution in [3.63, 3.8) is 0 Å². The molecule has 0 aliphatic carbocycles. The fraction of sp³-hybridized carbons (Fsp3) is 0.435. The summed E-state index contributed by atoms with van der Waals surface area (Å²) in [6.07, 6.45) is 1.03. The number of amides is 1. The Morgan fingerprint density at radius 1 is 1.07 bits per heavy atom. The van der Waals surface area contributed by atoms with Gasteiger partial charge in [-0.25, -0.2) is 0 Å². The van der Waals surface area contributed by atoms with Crippen LogP contribution in [-0.2, 0) is 11.2 Å². The van der Waals surface area contributed by atoms with Crippen LogP contribution in [0.1, 0.15) is 45.6 Å². The lowest BCUT2D eigenvalue weighted by molar-refractivity contribution is 0.0162. The van der Waals surface area contributed by atoms with Crippen LogP contribution >= 0.6 is 0 Å². The van der Waals surface area contributed by atoms with Crippen molar-refractivity contribution >= 4 is 5.91 Å². The first-order valence-electron chi connectivity index (χ1n) is 9.84. The summed E-state index contributed by atoms with van der Waals surface area (Å²) in [5.41, 5.74) is 5.64. The molecular weight excluding hydrogens is 336 g/mol. The molecule has 1 saturated heterocycles. The van der Waals surface area contributed by atoms with E-state index in [1.54, 1.807) is 0 Å². The number of rotatable bonds is 6. The first-order chi connectivity index (χ1) is 13.1. The quantitative estimate of drug-likeness (QED) is 0.848. The zero-order valence-electron chi connectivity index (χ0n) is 16.6. The Labute approximate surface area is 162 Å². The second-order valence-corrected chi connectivity index (χ2v) is 7.27. The summed E-state index contributed by atoms with van der Waals surface area (Å²) in [4.78, 5) is 15.1. The number of nitrogens with zero attached hydrogens (tertiary/aromatic N) is 1. The predicted octanol–water partition coefficient (Wildman–Crippen LogP) is 3.67. The van der Waals surface area contributed by atoms with Gasteiger partial charge in [-0.3, -0.25) is 9.69 Å². The molecule has 1 unspecified atom stereocenters. The highest BCUT2D eigenvalue weighted by molar-refractivity contribution is 5.94. The third kappa shape index (κ3) is 4.96. The molecule has 144 valence electrons. The number of morpholine rings is 1. The Morgan fingerprint density at radius 3 is 2.41 bits per heavy atom. The van der Waals surface area contributed by atoms with E-state index in [0.717, 1.165) is 43.9 Å². The molecule has 0 saturated carbocycles. The minimum absolute atomic E-state index is 0.0125. The van der Waals surface area contributed by atoms with Crippen molar-refractivity contribution in [2.24, 2.45) is 0 Å². The van der Waals surface area contributed by atoms with Crippen LogP contribution in [0, 0.1) is 13.8 Å². The summed E-state index contributed by atoms with van der Waals surface area (Å²) < 4.78 is 5.51. The molecule has 1 fully saturated rings. The summed E-state index contributed by atoms with van der Waals surface area (Å²) in [7, 11) is 0. The van der Waals surface area contributed by atoms with E-state index >= 15 is 0 Å². The molecule has 0 radical (unpaired) electrons. The topological polar surface area (TPSA) is 41.6 Å². The monoisotopic (exact) mass is 366 g/mol. The van der Waals surface area contributed by atoms with Crippen LogP contribution < -0.4 is 5.32 Å². The van der Waals surface area contributed by atoms with Crippen molar-refractivity contribution in [2.45, 2.75) is 33.2 Å². The number of hydrogen-bond donors (Lipinski definition) is 1. The molecule has 1 atom stereocenters. The molecule has 1 aliphatic heterocycles. The van der Waals surface area contributed by atoms with Gasteiger partial charge in [0.1, 0.15) is 0 Å². The molecule has 4 nitrogen and oxygen atoms in total. The van der Waals surface area contributed by atoms with Gasteiger partial charge >= 0.3 is 0 Å². The molecule has 0 aromatic heterocycles. The van der Waals surface area contributed by atoms with Crippen LogP contribution in [0.3, 0.4) is 0 Å². The van der Waals surface area contributed by atoms with Crippen LogP contribution in [0.2, 0.25) is 0 Å². The maximum Gasteiger partial charge on any atom is 0.251 e. The van der Waals surface area contributed by atoms with Crippen molar-refractivity contribution in [1.82, 2.24) is 10.2 Å². The van der Waals surface area contributed by atoms with Crippen molar-refractivity contribution in [2.75, 3.05) is 32.8 Å². The fourth-order valence-corrected chi connectivity index (χ4v) is 3.50. The van der Waals surface area contributed by atoms with E-state index in [-0.39, 0.29) is 11.9 Å². The highest BCUT2D eigenvalue weighted by Gasteiger charge is 2.23. The zero-order chi connectivity index (χ0) is 19.2. The summed E-state index contributed by atoms with van der Waals surface area (Å²) in [5, 5.41) is 3.15. The van der Waals surface area contributed by atoms with Gasteiger partial charge in [0, 0.05) is 25.2 Å². The van der Waals surface area contributed by atoms with Crippen molar-refractivity contribution in [3.8, 4) is 0 Å². The Balaban J connectivity index is 1.73. The highest BCUT2D eigenvalue weighted by atomic mass is 16.5. The molecule has 1 amide bonds. The number of aryl methyl sites for hydroxylation is 3. The molecule has 3 rings (SSSR count). The summed E-state index contributed by atoms with van der Waals surface area (Å²) in [6.45, 7) is 10.1. The van der Waals surface area contributed by atoms with Crippen LogP contribution in [0.25, 0.3) is 0 Å². The second-order valence-electron chi connectivity index (χ2n) is 7.27. The molecule has 27 heavy (non-hydrogen) atoms. The summed E-state index contributed by atoms with van der Waals surface area (Å²) >= 11 is 0. The number of carbonyl (C=O) groups excluding carboxylic acids is 1. The molecular formula is C23H30N2O2. The van der Waals surface area contributed by atoms with Gasteiger partial charge in [-0.15, -0.1) is 0 Å². The van der Waals surface area contributed by atoms with E-state index in [0.29, 0.717) is 6.54 Å². The van der Waals surface area contributed by atoms with E-state index < -0.39 is 0 Å². The van der Waals surface area contributed by atoms with Crippen LogP contribution in [-0.4, -0.2) is 43.7 Å². The van der Waals surface area contributed by atoms with Crippen LogP contribution in [0.4, 0.5) is 0 Å². The lowest BCUT2D eigenvalue weighted by Crippen LogP contribution is -2.43. The molecule has 2 aromatic carbocycles. The van der Waals surface area contributed by atoms with Crippen molar-refractivity contribution in [3.05, 3.63) is 70.3 Å². The Kier molecular flexibility index (Phi) is 6.64. The normalized spacial score (nSPS) is 16.1. The minimum Gasteiger partial charge on any atom is -0.379 e. The molecule has 2 aromatic rings. The smallest absolute Gasteiger partial charge is 0.251 e. The fourth-order valence-electron chi connectivity index (χ4n) is 3.50. The molecule has 4 heteroatoms. The van der Waals surface area contributed by atoms with Gasteiger partial charge in [0.2, 0.25) is 0 Å². The van der Waals surface area contributed by atoms with Gasteiger partial charge in [0.25, 0.3) is 5.91 Å². The lowest BCUT2D eigenvalue weighted by Gasteiger charge is -2.35. The van der Waals surface area contributed by atoms with Gasteiger partial charge in [0.15, 0.2) is 0 Å². The van der Waals surface area contributed by atoms with E-state index in [2.05, 4.69) is 48.3 Å². The molecule has 0 bridgehead atoms. The van der Waals surface area contributed by atoms with Crippen LogP contribution in [0.5, 0.6) is 0 Å². The zero-order valence-corrected chi connectivity index (χ0v) is 16.6. The maximum atomic E-state index is 12.7. The van der Waals surface area contributed by atoms with Gasteiger partial charge in [-0.05, 0) is 54.7 Å². The number of nitrogens with one attached hydrogen (secondary N) is 1. The first-order valence-corrected chi connectivity index (χ1v) is 9.84. The van der Waals surface area contributed by atoms with Crippen molar-refractivity contribution in [1.29, 1.82) is 0 Å². The van der Waals surface area contributed by atoms with E-state index in [1.165, 1.54) is 16.7 Å². The van der Waals surface area contributed by atoms with Crippen molar-refractivity contribution < 1.29 is 9.53 Å². The number of benzene rings is 2. The van der Waals surface area contributed by atoms with E-state index in [9.17, 15) is 4.79 Å². The van der Waals surface area contributed by atoms with E-state index in [4.69, 9.17) is 4.74 Å². The van der Waals surface area contributed by atoms with Gasteiger partial charge < -0.3 is 10.1 Å². The average Bonchev–Trinajstić information content (AvgIpc) is 2.71. The van der Waals surface area contributed by atoms with Crippen LogP contribution in [0.15, 0.2) is 42.5 Å². The Bertz CT molecular complexity index is 764. The highest BCUT2D eigenvalue weighted by Crippen LogP contribution is 2.22. The summed E-state index contributed by atoms with van der Waals surface area (Å²) in [5.74, 6) is -0.0125. The molecule has 1 aliphatic rings. The third-order valence-corrected chi connectivity index (χ3v) is 5.48. The van der Waals surface area contributed by atoms with Gasteiger partial charge in [-0.1, -0.05) is 37.3 Å². The average molecular weight is 367 g/mol. The largest absolute Gasteiger partial charge is 0.379 e. The molecule has 1 heterocycles. The number of carbonyl (C=O) groups is 1. The lowest BCUT2D eigenvalue weighted by atomic mass is 10.0. The Hall–Kier alpha value is -2.17. The first kappa shape index (κ1) is 19.6. The Morgan fingerprint density at radius 2 is 1.78 bits per heavy atom. The number of ether oxygens (including phenoxy) is 1. The SMILES string of the molecule is CCc1ccc(C(CNC(=O)c2ccc(C)c(C)c2)N2CCOCC2)cc1.